The van der Waals surface area contributed by atoms with Crippen molar-refractivity contribution in [1.29, 1.82) is 0 Å². The number of unbranched alkanes of at least 4 members (excludes halogenated alkanes) is 3. The molecule has 0 radical (unpaired) electrons. The van der Waals surface area contributed by atoms with Crippen LogP contribution in [0.1, 0.15) is 117 Å². The molecule has 0 unspecified atom stereocenters. The van der Waals surface area contributed by atoms with Gasteiger partial charge in [-0.25, -0.2) is 0 Å². The second-order valence-corrected chi connectivity index (χ2v) is 14.6. The molecule has 2 aliphatic carbocycles. The molecule has 12 N–H and O–H groups in total. The van der Waals surface area contributed by atoms with E-state index < -0.39 is 48.6 Å². The van der Waals surface area contributed by atoms with Crippen molar-refractivity contribution in [2.45, 2.75) is 153 Å². The first kappa shape index (κ1) is 53.1. The Hall–Kier alpha value is -2.94. The molecule has 2 rings (SSSR count). The molecular weight excluding hydrogens is 716 g/mol. The molecule has 56 heavy (non-hydrogen) atoms. The predicted octanol–water partition coefficient (Wildman–Crippen LogP) is 5.32. The van der Waals surface area contributed by atoms with E-state index in [1.165, 1.54) is 0 Å². The van der Waals surface area contributed by atoms with Gasteiger partial charge in [-0.15, -0.1) is 0 Å². The fourth-order valence-electron chi connectivity index (χ4n) is 6.66. The molecule has 0 bridgehead atoms. The quantitative estimate of drug-likeness (QED) is 0.0417. The predicted molar refractivity (Wildman–Crippen MR) is 223 cm³/mol. The van der Waals surface area contributed by atoms with Crippen LogP contribution in [0.2, 0.25) is 0 Å². The average Bonchev–Trinajstić information content (AvgIpc) is 3.58. The Kier molecular flexibility index (Phi) is 32.3. The maximum absolute atomic E-state index is 10.5. The highest BCUT2D eigenvalue weighted by molar-refractivity contribution is 5.66. The summed E-state index contributed by atoms with van der Waals surface area (Å²) < 4.78 is 0. The zero-order valence-electron chi connectivity index (χ0n) is 34.0. The van der Waals surface area contributed by atoms with Gasteiger partial charge in [0.15, 0.2) is 0 Å². The van der Waals surface area contributed by atoms with Gasteiger partial charge < -0.3 is 52.3 Å². The van der Waals surface area contributed by atoms with Crippen molar-refractivity contribution in [3.63, 3.8) is 0 Å². The van der Waals surface area contributed by atoms with Gasteiger partial charge in [-0.1, -0.05) is 86.8 Å². The molecule has 0 aromatic rings. The second-order valence-electron chi connectivity index (χ2n) is 14.6. The van der Waals surface area contributed by atoms with Crippen LogP contribution in [0.5, 0.6) is 0 Å². The molecule has 2 aliphatic rings. The third-order valence-corrected chi connectivity index (χ3v) is 9.83. The van der Waals surface area contributed by atoms with Crippen molar-refractivity contribution in [2.75, 3.05) is 13.1 Å². The normalized spacial score (nSPS) is 26.4. The Morgan fingerprint density at radius 2 is 0.946 bits per heavy atom. The Labute approximate surface area is 336 Å². The lowest BCUT2D eigenvalue weighted by Gasteiger charge is -2.19. The van der Waals surface area contributed by atoms with E-state index in [0.29, 0.717) is 64.2 Å². The van der Waals surface area contributed by atoms with Crippen LogP contribution in [-0.2, 0) is 9.59 Å². The third kappa shape index (κ3) is 26.1. The van der Waals surface area contributed by atoms with Gasteiger partial charge >= 0.3 is 11.9 Å². The summed E-state index contributed by atoms with van der Waals surface area (Å²) in [6.07, 6.45) is 29.2. The Bertz CT molecular complexity index is 1100. The molecule has 0 aromatic heterocycles. The fraction of sp³-hybridized carbons (Fsp3) is 0.682. The molecule has 0 saturated heterocycles. The second kappa shape index (κ2) is 34.1. The van der Waals surface area contributed by atoms with Crippen molar-refractivity contribution in [2.24, 2.45) is 35.1 Å². The van der Waals surface area contributed by atoms with Gasteiger partial charge in [-0.2, -0.15) is 0 Å². The molecule has 0 heterocycles. The largest absolute Gasteiger partial charge is 0.481 e. The number of aliphatic hydroxyl groups excluding tert-OH is 6. The zero-order valence-corrected chi connectivity index (χ0v) is 34.0. The number of carboxylic acid groups (broad SMARTS) is 2. The molecule has 12 nitrogen and oxygen atoms in total. The van der Waals surface area contributed by atoms with Crippen LogP contribution in [0.4, 0.5) is 0 Å². The Balaban J connectivity index is 0.000000942. The summed E-state index contributed by atoms with van der Waals surface area (Å²) in [7, 11) is 0. The van der Waals surface area contributed by atoms with Gasteiger partial charge in [0, 0.05) is 37.5 Å². The van der Waals surface area contributed by atoms with Gasteiger partial charge in [0.25, 0.3) is 0 Å². The van der Waals surface area contributed by atoms with Gasteiger partial charge in [-0.3, -0.25) is 9.59 Å². The van der Waals surface area contributed by atoms with Crippen LogP contribution in [0.3, 0.4) is 0 Å². The van der Waals surface area contributed by atoms with Crippen LogP contribution >= 0.6 is 0 Å². The number of hydrogen-bond donors (Lipinski definition) is 10. The van der Waals surface area contributed by atoms with Gasteiger partial charge in [0.1, 0.15) is 0 Å². The summed E-state index contributed by atoms with van der Waals surface area (Å²) in [5.41, 5.74) is 10.3. The molecule has 0 amide bonds. The number of aliphatic hydroxyl groups is 6. The maximum atomic E-state index is 10.5. The molecule has 322 valence electrons. The van der Waals surface area contributed by atoms with Crippen LogP contribution in [0, 0.1) is 23.7 Å². The number of aliphatic carboxylic acids is 2. The summed E-state index contributed by atoms with van der Waals surface area (Å²) in [6.45, 7) is 5.62. The lowest BCUT2D eigenvalue weighted by Crippen LogP contribution is -2.20. The number of rotatable bonds is 25. The highest BCUT2D eigenvalue weighted by atomic mass is 16.4. The van der Waals surface area contributed by atoms with Gasteiger partial charge in [-0.05, 0) is 102 Å². The standard InChI is InChI=1S/2C20H32O5.C4H12N2/c2*1-2-3-6-9-15(21)12-13-17-16(18(22)14-19(17)23)10-7-4-5-8-11-20(24)25;5-3-1-2-4-6/h2*3-4,6-7,12-13,15-19,21-23H,2,5,8-11,14H2,1H3,(H,24,25);1-6H2/b2*6-3-,7-4-,13-12+;/t2*15-,16+,17+,18+,19+;/m00./s1. The minimum absolute atomic E-state index is 0.0830. The van der Waals surface area contributed by atoms with E-state index in [1.54, 1.807) is 12.2 Å². The van der Waals surface area contributed by atoms with E-state index in [-0.39, 0.29) is 36.5 Å². The maximum Gasteiger partial charge on any atom is 0.303 e. The Morgan fingerprint density at radius 1 is 0.571 bits per heavy atom. The molecule has 0 aromatic carbocycles. The number of nitrogens with two attached hydrogens (primary N) is 2. The van der Waals surface area contributed by atoms with Crippen LogP contribution < -0.4 is 11.5 Å². The molecule has 10 atom stereocenters. The zero-order chi connectivity index (χ0) is 42.1. The minimum atomic E-state index is -0.791. The van der Waals surface area contributed by atoms with E-state index in [0.717, 1.165) is 38.8 Å². The lowest BCUT2D eigenvalue weighted by atomic mass is 9.89. The number of carboxylic acids is 2. The summed E-state index contributed by atoms with van der Waals surface area (Å²) in [4.78, 5) is 20.9. The highest BCUT2D eigenvalue weighted by Gasteiger charge is 2.40. The monoisotopic (exact) mass is 793 g/mol. The van der Waals surface area contributed by atoms with Gasteiger partial charge in [0.2, 0.25) is 0 Å². The van der Waals surface area contributed by atoms with Crippen molar-refractivity contribution in [3.05, 3.63) is 72.9 Å². The van der Waals surface area contributed by atoms with Crippen molar-refractivity contribution in [3.8, 4) is 0 Å². The van der Waals surface area contributed by atoms with Crippen LogP contribution in [0.15, 0.2) is 72.9 Å². The van der Waals surface area contributed by atoms with E-state index >= 15 is 0 Å². The molecule has 12 heteroatoms. The first-order chi connectivity index (χ1) is 26.8. The molecule has 2 saturated carbocycles. The van der Waals surface area contributed by atoms with Gasteiger partial charge in [0.05, 0.1) is 36.6 Å². The molecular formula is C44H76N2O10. The topological polar surface area (TPSA) is 248 Å². The smallest absolute Gasteiger partial charge is 0.303 e. The van der Waals surface area contributed by atoms with E-state index in [2.05, 4.69) is 0 Å². The minimum Gasteiger partial charge on any atom is -0.481 e. The summed E-state index contributed by atoms with van der Waals surface area (Å²) in [5, 5.41) is 77.7. The van der Waals surface area contributed by atoms with Crippen molar-refractivity contribution < 1.29 is 50.4 Å². The van der Waals surface area contributed by atoms with Crippen LogP contribution in [-0.4, -0.2) is 103 Å². The molecule has 0 aliphatic heterocycles. The Morgan fingerprint density at radius 3 is 1.27 bits per heavy atom. The number of allylic oxidation sites excluding steroid dienone is 6. The van der Waals surface area contributed by atoms with E-state index in [4.69, 9.17) is 21.7 Å². The molecule has 2 fully saturated rings. The SMILES string of the molecule is CC/C=C\C[C@H](O)/C=C/[C@@H]1[C@@H](C/C=C\CCCC(=O)O)[C@H](O)C[C@H]1O.CC/C=C\C[C@H](O)/C=C/[C@@H]1[C@@H](C/C=C\CCCC(=O)O)[C@H](O)C[C@H]1O.NCCCCN. The number of carbonyl (C=O) groups is 2. The summed E-state index contributed by atoms with van der Waals surface area (Å²) >= 11 is 0. The van der Waals surface area contributed by atoms with Crippen molar-refractivity contribution in [1.82, 2.24) is 0 Å². The highest BCUT2D eigenvalue weighted by Crippen LogP contribution is 2.37. The molecule has 0 spiro atoms. The van der Waals surface area contributed by atoms with Crippen LogP contribution in [0.25, 0.3) is 0 Å². The van der Waals surface area contributed by atoms with E-state index in [9.17, 15) is 40.2 Å². The lowest BCUT2D eigenvalue weighted by molar-refractivity contribution is -0.138. The van der Waals surface area contributed by atoms with E-state index in [1.807, 2.05) is 74.6 Å². The first-order valence-corrected chi connectivity index (χ1v) is 20.7. The fourth-order valence-corrected chi connectivity index (χ4v) is 6.66. The summed E-state index contributed by atoms with van der Waals surface area (Å²) in [5.74, 6) is -2.10. The third-order valence-electron chi connectivity index (χ3n) is 9.83. The average molecular weight is 793 g/mol. The summed E-state index contributed by atoms with van der Waals surface area (Å²) in [6, 6.07) is 0. The number of hydrogen-bond acceptors (Lipinski definition) is 10. The van der Waals surface area contributed by atoms with Crippen molar-refractivity contribution >= 4 is 11.9 Å². The first-order valence-electron chi connectivity index (χ1n) is 20.7.